The summed E-state index contributed by atoms with van der Waals surface area (Å²) in [4.78, 5) is 10.6. The minimum atomic E-state index is -0.725. The first kappa shape index (κ1) is 13.5. The molecule has 1 aliphatic rings. The molecule has 0 spiro atoms. The molecule has 0 aromatic carbocycles. The van der Waals surface area contributed by atoms with Gasteiger partial charge in [-0.15, -0.1) is 0 Å². The fourth-order valence-corrected chi connectivity index (χ4v) is 1.60. The fourth-order valence-electron chi connectivity index (χ4n) is 1.60. The van der Waals surface area contributed by atoms with Crippen LogP contribution in [0.5, 0.6) is 0 Å². The zero-order chi connectivity index (χ0) is 12.0. The Morgan fingerprint density at radius 3 is 2.44 bits per heavy atom. The average Bonchev–Trinajstić information content (AvgIpc) is 2.90. The molecule has 0 bridgehead atoms. The van der Waals surface area contributed by atoms with Crippen molar-refractivity contribution in [2.45, 2.75) is 33.1 Å². The van der Waals surface area contributed by atoms with Crippen molar-refractivity contribution in [2.75, 3.05) is 26.4 Å². The van der Waals surface area contributed by atoms with Crippen LogP contribution < -0.4 is 0 Å². The van der Waals surface area contributed by atoms with Crippen molar-refractivity contribution in [3.8, 4) is 0 Å². The lowest BCUT2D eigenvalue weighted by molar-refractivity contribution is -0.139. The third kappa shape index (κ3) is 5.47. The lowest BCUT2D eigenvalue weighted by Crippen LogP contribution is -2.17. The number of carboxylic acids is 1. The lowest BCUT2D eigenvalue weighted by Gasteiger charge is -2.13. The molecule has 0 saturated heterocycles. The van der Waals surface area contributed by atoms with Gasteiger partial charge in [-0.25, -0.2) is 0 Å². The summed E-state index contributed by atoms with van der Waals surface area (Å²) in [6.07, 6.45) is 2.19. The Morgan fingerprint density at radius 1 is 1.31 bits per heavy atom. The van der Waals surface area contributed by atoms with E-state index in [1.807, 2.05) is 0 Å². The quantitative estimate of drug-likeness (QED) is 0.615. The van der Waals surface area contributed by atoms with Crippen LogP contribution in [0.1, 0.15) is 33.1 Å². The van der Waals surface area contributed by atoms with Gasteiger partial charge < -0.3 is 14.6 Å². The van der Waals surface area contributed by atoms with Gasteiger partial charge >= 0.3 is 5.97 Å². The second-order valence-corrected chi connectivity index (χ2v) is 5.09. The summed E-state index contributed by atoms with van der Waals surface area (Å²) in [5, 5.41) is 8.71. The van der Waals surface area contributed by atoms with E-state index in [4.69, 9.17) is 14.6 Å². The highest BCUT2D eigenvalue weighted by molar-refractivity contribution is 5.68. The van der Waals surface area contributed by atoms with Crippen LogP contribution in [-0.4, -0.2) is 37.5 Å². The van der Waals surface area contributed by atoms with E-state index in [-0.39, 0.29) is 11.8 Å². The molecule has 0 heterocycles. The molecule has 0 aliphatic heterocycles. The van der Waals surface area contributed by atoms with E-state index in [1.165, 1.54) is 0 Å². The number of carboxylic acid groups (broad SMARTS) is 1. The Balaban J connectivity index is 1.97. The maximum Gasteiger partial charge on any atom is 0.303 e. The molecule has 1 aliphatic carbocycles. The number of hydrogen-bond donors (Lipinski definition) is 1. The molecule has 0 aromatic rings. The normalized spacial score (nSPS) is 17.7. The van der Waals surface area contributed by atoms with Crippen molar-refractivity contribution < 1.29 is 19.4 Å². The molecule has 1 N–H and O–H groups in total. The number of rotatable bonds is 9. The van der Waals surface area contributed by atoms with Gasteiger partial charge in [-0.05, 0) is 18.8 Å². The van der Waals surface area contributed by atoms with E-state index in [9.17, 15) is 4.79 Å². The molecule has 1 fully saturated rings. The maximum absolute atomic E-state index is 10.6. The zero-order valence-corrected chi connectivity index (χ0v) is 10.2. The smallest absolute Gasteiger partial charge is 0.303 e. The third-order valence-corrected chi connectivity index (χ3v) is 2.71. The van der Waals surface area contributed by atoms with Crippen LogP contribution in [0.15, 0.2) is 0 Å². The van der Waals surface area contributed by atoms with E-state index in [2.05, 4.69) is 13.8 Å². The molecule has 1 saturated carbocycles. The first-order chi connectivity index (χ1) is 7.54. The Kier molecular flexibility index (Phi) is 5.22. The molecule has 0 aromatic heterocycles. The highest BCUT2D eigenvalue weighted by atomic mass is 16.5. The third-order valence-electron chi connectivity index (χ3n) is 2.71. The Hall–Kier alpha value is -0.610. The Morgan fingerprint density at radius 2 is 1.94 bits per heavy atom. The fraction of sp³-hybridized carbons (Fsp3) is 0.917. The predicted octanol–water partition coefficient (Wildman–Crippen LogP) is 1.93. The van der Waals surface area contributed by atoms with Gasteiger partial charge in [-0.3, -0.25) is 4.79 Å². The molecule has 1 rings (SSSR count). The maximum atomic E-state index is 10.6. The van der Waals surface area contributed by atoms with Crippen LogP contribution in [-0.2, 0) is 14.3 Å². The van der Waals surface area contributed by atoms with Gasteiger partial charge in [0.15, 0.2) is 0 Å². The second kappa shape index (κ2) is 6.21. The van der Waals surface area contributed by atoms with Gasteiger partial charge in [0, 0.05) is 12.0 Å². The van der Waals surface area contributed by atoms with Crippen LogP contribution >= 0.6 is 0 Å². The monoisotopic (exact) mass is 230 g/mol. The number of aliphatic carboxylic acids is 1. The van der Waals surface area contributed by atoms with Crippen LogP contribution in [0.4, 0.5) is 0 Å². The van der Waals surface area contributed by atoms with E-state index in [1.54, 1.807) is 0 Å². The highest BCUT2D eigenvalue weighted by Crippen LogP contribution is 2.48. The van der Waals surface area contributed by atoms with Crippen LogP contribution in [0, 0.1) is 11.3 Å². The van der Waals surface area contributed by atoms with Gasteiger partial charge in [0.25, 0.3) is 0 Å². The van der Waals surface area contributed by atoms with Gasteiger partial charge in [-0.2, -0.15) is 0 Å². The average molecular weight is 230 g/mol. The molecular weight excluding hydrogens is 208 g/mol. The molecule has 0 amide bonds. The zero-order valence-electron chi connectivity index (χ0n) is 10.2. The van der Waals surface area contributed by atoms with E-state index in [0.717, 1.165) is 19.4 Å². The molecular formula is C12H22O4. The van der Waals surface area contributed by atoms with Crippen molar-refractivity contribution >= 4 is 5.97 Å². The summed E-state index contributed by atoms with van der Waals surface area (Å²) in [6.45, 7) is 6.68. The lowest BCUT2D eigenvalue weighted by atomic mass is 10.0. The number of carbonyl (C=O) groups is 1. The van der Waals surface area contributed by atoms with Gasteiger partial charge in [0.2, 0.25) is 0 Å². The van der Waals surface area contributed by atoms with Crippen molar-refractivity contribution in [3.63, 3.8) is 0 Å². The van der Waals surface area contributed by atoms with Gasteiger partial charge in [0.1, 0.15) is 0 Å². The summed E-state index contributed by atoms with van der Waals surface area (Å²) >= 11 is 0. The molecule has 4 heteroatoms. The first-order valence-electron chi connectivity index (χ1n) is 5.91. The molecule has 4 nitrogen and oxygen atoms in total. The first-order valence-corrected chi connectivity index (χ1v) is 5.91. The SMILES string of the molecule is CC(C)COCCOCC1(CC(=O)O)CC1. The summed E-state index contributed by atoms with van der Waals surface area (Å²) in [5.41, 5.74) is -0.0656. The molecule has 0 unspecified atom stereocenters. The molecule has 0 radical (unpaired) electrons. The van der Waals surface area contributed by atoms with E-state index >= 15 is 0 Å². The molecule has 94 valence electrons. The van der Waals surface area contributed by atoms with Crippen molar-refractivity contribution in [1.82, 2.24) is 0 Å². The number of ether oxygens (including phenoxy) is 2. The second-order valence-electron chi connectivity index (χ2n) is 5.09. The summed E-state index contributed by atoms with van der Waals surface area (Å²) < 4.78 is 10.8. The molecule has 16 heavy (non-hydrogen) atoms. The Bertz CT molecular complexity index is 221. The topological polar surface area (TPSA) is 55.8 Å². The van der Waals surface area contributed by atoms with E-state index in [0.29, 0.717) is 25.7 Å². The van der Waals surface area contributed by atoms with Gasteiger partial charge in [0.05, 0.1) is 26.2 Å². The standard InChI is InChI=1S/C12H22O4/c1-10(2)8-15-5-6-16-9-12(3-4-12)7-11(13)14/h10H,3-9H2,1-2H3,(H,13,14). The Labute approximate surface area is 96.9 Å². The van der Waals surface area contributed by atoms with Crippen molar-refractivity contribution in [1.29, 1.82) is 0 Å². The minimum Gasteiger partial charge on any atom is -0.481 e. The van der Waals surface area contributed by atoms with Crippen molar-refractivity contribution in [2.24, 2.45) is 11.3 Å². The molecule has 0 atom stereocenters. The summed E-state index contributed by atoms with van der Waals surface area (Å²) in [7, 11) is 0. The predicted molar refractivity (Wildman–Crippen MR) is 60.4 cm³/mol. The van der Waals surface area contributed by atoms with Crippen LogP contribution in [0.3, 0.4) is 0 Å². The van der Waals surface area contributed by atoms with Crippen LogP contribution in [0.25, 0.3) is 0 Å². The van der Waals surface area contributed by atoms with Gasteiger partial charge in [-0.1, -0.05) is 13.8 Å². The summed E-state index contributed by atoms with van der Waals surface area (Å²) in [5.74, 6) is -0.182. The number of hydrogen-bond acceptors (Lipinski definition) is 3. The van der Waals surface area contributed by atoms with Crippen LogP contribution in [0.2, 0.25) is 0 Å². The van der Waals surface area contributed by atoms with Crippen molar-refractivity contribution in [3.05, 3.63) is 0 Å². The summed E-state index contributed by atoms with van der Waals surface area (Å²) in [6, 6.07) is 0. The highest BCUT2D eigenvalue weighted by Gasteiger charge is 2.44. The van der Waals surface area contributed by atoms with E-state index < -0.39 is 5.97 Å². The largest absolute Gasteiger partial charge is 0.481 e. The minimum absolute atomic E-state index is 0.0656.